The number of thioether (sulfide) groups is 2. The number of amides is 2. The van der Waals surface area contributed by atoms with Crippen molar-refractivity contribution >= 4 is 85.6 Å². The van der Waals surface area contributed by atoms with Crippen LogP contribution in [-0.2, 0) is 19.2 Å². The minimum Gasteiger partial charge on any atom is -0.477 e. The highest BCUT2D eigenvalue weighted by Crippen LogP contribution is 2.41. The highest BCUT2D eigenvalue weighted by molar-refractivity contribution is 8.93. The van der Waals surface area contributed by atoms with Gasteiger partial charge in [-0.3, -0.25) is 19.3 Å². The molecule has 0 saturated carbocycles. The highest BCUT2D eigenvalue weighted by Gasteiger charge is 2.54. The molecule has 2 amide bonds. The molecule has 12 nitrogen and oxygen atoms in total. The molecule has 186 valence electrons. The zero-order valence-corrected chi connectivity index (χ0v) is 22.0. The first-order valence-electron chi connectivity index (χ1n) is 9.55. The number of fused-ring (bicyclic) bond motifs is 1. The maximum absolute atomic E-state index is 12.8. The quantitative estimate of drug-likeness (QED) is 0.226. The summed E-state index contributed by atoms with van der Waals surface area (Å²) >= 11 is 3.29. The minimum absolute atomic E-state index is 0. The van der Waals surface area contributed by atoms with E-state index in [9.17, 15) is 24.3 Å². The van der Waals surface area contributed by atoms with Gasteiger partial charge < -0.3 is 25.4 Å². The van der Waals surface area contributed by atoms with E-state index < -0.39 is 29.2 Å². The summed E-state index contributed by atoms with van der Waals surface area (Å²) < 4.78 is 5.05. The zero-order chi connectivity index (χ0) is 24.4. The Balaban J connectivity index is 0.00000342. The number of hydrogen-bond donors (Lipinski definition) is 3. The number of furan rings is 1. The number of aromatic nitrogens is 1. The van der Waals surface area contributed by atoms with Gasteiger partial charge in [-0.15, -0.1) is 40.1 Å². The van der Waals surface area contributed by atoms with E-state index in [0.717, 1.165) is 28.0 Å². The molecule has 1 saturated heterocycles. The van der Waals surface area contributed by atoms with Gasteiger partial charge in [0.25, 0.3) is 16.9 Å². The molecular formula is C19H18BrN5O7S3. The van der Waals surface area contributed by atoms with Crippen LogP contribution in [0.4, 0.5) is 5.13 Å². The second kappa shape index (κ2) is 11.3. The van der Waals surface area contributed by atoms with Gasteiger partial charge in [-0.25, -0.2) is 9.78 Å². The average molecular weight is 604 g/mol. The standard InChI is InChI=1S/C19H17N5O7S3.BrH/c1-30-23-11(9-7-34-19(20)21-9)14(25)22-12-15(26)24-13(17(27)28)8(5-32-16(12)24)6-33-18(29)10-3-2-4-31-10;/h2-4,7,12,16H,5-6H2,1H3,(H2,20,21)(H,22,25)(H,27,28);1H/b23-11-;/t12-,16?;/m1./s1. The van der Waals surface area contributed by atoms with Crippen molar-refractivity contribution in [3.05, 3.63) is 46.5 Å². The number of rotatable bonds is 8. The Bertz CT molecular complexity index is 1210. The number of nitrogen functional groups attached to an aromatic ring is 1. The Kier molecular flexibility index (Phi) is 8.63. The van der Waals surface area contributed by atoms with E-state index in [1.165, 1.54) is 36.6 Å². The lowest BCUT2D eigenvalue weighted by Crippen LogP contribution is -2.71. The Morgan fingerprint density at radius 1 is 1.46 bits per heavy atom. The molecule has 4 rings (SSSR count). The molecule has 0 aliphatic carbocycles. The van der Waals surface area contributed by atoms with Crippen molar-refractivity contribution in [2.24, 2.45) is 5.16 Å². The van der Waals surface area contributed by atoms with E-state index in [-0.39, 0.29) is 61.6 Å². The smallest absolute Gasteiger partial charge is 0.352 e. The predicted molar refractivity (Wildman–Crippen MR) is 136 cm³/mol. The third kappa shape index (κ3) is 5.39. The van der Waals surface area contributed by atoms with Crippen LogP contribution in [0.25, 0.3) is 0 Å². The summed E-state index contributed by atoms with van der Waals surface area (Å²) in [6.07, 6.45) is 1.37. The normalized spacial score (nSPS) is 19.4. The van der Waals surface area contributed by atoms with E-state index in [1.807, 2.05) is 0 Å². The third-order valence-electron chi connectivity index (χ3n) is 4.80. The molecule has 2 aromatic rings. The number of hydrogen-bond acceptors (Lipinski definition) is 12. The molecule has 1 unspecified atom stereocenters. The molecule has 0 bridgehead atoms. The molecule has 4 N–H and O–H groups in total. The van der Waals surface area contributed by atoms with Crippen LogP contribution in [0, 0.1) is 0 Å². The molecule has 2 aliphatic rings. The van der Waals surface area contributed by atoms with Crippen LogP contribution < -0.4 is 11.1 Å². The number of aliphatic carboxylic acids is 1. The number of nitrogens with two attached hydrogens (primary N) is 1. The maximum atomic E-state index is 12.8. The molecule has 0 aromatic carbocycles. The minimum atomic E-state index is -1.29. The third-order valence-corrected chi connectivity index (χ3v) is 7.77. The predicted octanol–water partition coefficient (Wildman–Crippen LogP) is 1.56. The summed E-state index contributed by atoms with van der Waals surface area (Å²) in [5.74, 6) is -2.08. The van der Waals surface area contributed by atoms with Crippen molar-refractivity contribution in [3.8, 4) is 0 Å². The number of thiazole rings is 1. The number of carboxylic acids is 1. The van der Waals surface area contributed by atoms with Gasteiger partial charge in [0.15, 0.2) is 16.6 Å². The van der Waals surface area contributed by atoms with E-state index in [1.54, 1.807) is 6.07 Å². The molecule has 35 heavy (non-hydrogen) atoms. The number of carbonyl (C=O) groups is 4. The van der Waals surface area contributed by atoms with Crippen molar-refractivity contribution in [3.63, 3.8) is 0 Å². The first kappa shape index (κ1) is 26.8. The first-order chi connectivity index (χ1) is 16.3. The number of carboxylic acid groups (broad SMARTS) is 1. The van der Waals surface area contributed by atoms with Gasteiger partial charge in [-0.2, -0.15) is 0 Å². The van der Waals surface area contributed by atoms with Gasteiger partial charge in [0.05, 0.1) is 6.26 Å². The van der Waals surface area contributed by atoms with Crippen LogP contribution in [0.5, 0.6) is 0 Å². The van der Waals surface area contributed by atoms with Crippen LogP contribution >= 0.6 is 51.8 Å². The number of nitrogens with zero attached hydrogens (tertiary/aromatic N) is 3. The van der Waals surface area contributed by atoms with Gasteiger partial charge in [0.1, 0.15) is 29.9 Å². The van der Waals surface area contributed by atoms with Crippen LogP contribution in [0.15, 0.2) is 44.6 Å². The van der Waals surface area contributed by atoms with Crippen molar-refractivity contribution in [1.82, 2.24) is 15.2 Å². The van der Waals surface area contributed by atoms with Gasteiger partial charge in [-0.1, -0.05) is 16.9 Å². The molecule has 0 spiro atoms. The largest absolute Gasteiger partial charge is 0.477 e. The maximum Gasteiger partial charge on any atom is 0.352 e. The molecular weight excluding hydrogens is 586 g/mol. The molecule has 2 aliphatic heterocycles. The number of halogens is 1. The van der Waals surface area contributed by atoms with Crippen LogP contribution in [0.3, 0.4) is 0 Å². The van der Waals surface area contributed by atoms with E-state index >= 15 is 0 Å². The number of anilines is 1. The number of nitrogens with one attached hydrogen (secondary N) is 1. The SMILES string of the molecule is Br.CO/N=C(\C(=O)N[C@@H]1C(=O)N2C(C(=O)O)=C(CSC(=O)c3ccco3)CSC12)c1csc(N)n1. The van der Waals surface area contributed by atoms with Crippen molar-refractivity contribution in [1.29, 1.82) is 0 Å². The van der Waals surface area contributed by atoms with E-state index in [2.05, 4.69) is 15.5 Å². The van der Waals surface area contributed by atoms with Crippen molar-refractivity contribution < 1.29 is 33.5 Å². The Hall–Kier alpha value is -2.82. The summed E-state index contributed by atoms with van der Waals surface area (Å²) in [6, 6.07) is 2.13. The monoisotopic (exact) mass is 603 g/mol. The molecule has 2 aromatic heterocycles. The molecule has 0 radical (unpaired) electrons. The topological polar surface area (TPSA) is 177 Å². The fourth-order valence-corrected chi connectivity index (χ4v) is 6.14. The fourth-order valence-electron chi connectivity index (χ4n) is 3.31. The van der Waals surface area contributed by atoms with Gasteiger partial charge in [0.2, 0.25) is 0 Å². The number of β-lactam (4-membered cyclic amide) rings is 1. The lowest BCUT2D eigenvalue weighted by molar-refractivity contribution is -0.150. The molecule has 2 atom stereocenters. The lowest BCUT2D eigenvalue weighted by atomic mass is 10.0. The summed E-state index contributed by atoms with van der Waals surface area (Å²) in [6.45, 7) is 0. The van der Waals surface area contributed by atoms with Crippen molar-refractivity contribution in [2.75, 3.05) is 24.3 Å². The average Bonchev–Trinajstić information content (AvgIpc) is 3.50. The number of carbonyl (C=O) groups excluding carboxylic acids is 3. The Morgan fingerprint density at radius 2 is 2.23 bits per heavy atom. The Labute approximate surface area is 221 Å². The van der Waals surface area contributed by atoms with Crippen molar-refractivity contribution in [2.45, 2.75) is 11.4 Å². The second-order valence-electron chi connectivity index (χ2n) is 6.87. The molecule has 4 heterocycles. The summed E-state index contributed by atoms with van der Waals surface area (Å²) in [4.78, 5) is 59.6. The van der Waals surface area contributed by atoms with Crippen LogP contribution in [0.2, 0.25) is 0 Å². The van der Waals surface area contributed by atoms with Crippen LogP contribution in [-0.4, -0.2) is 73.6 Å². The fraction of sp³-hybridized carbons (Fsp3) is 0.263. The van der Waals surface area contributed by atoms with Gasteiger partial charge in [-0.05, 0) is 17.7 Å². The summed E-state index contributed by atoms with van der Waals surface area (Å²) in [5, 5.41) is 16.8. The van der Waals surface area contributed by atoms with Crippen LogP contribution in [0.1, 0.15) is 16.2 Å². The number of oxime groups is 1. The second-order valence-corrected chi connectivity index (χ2v) is 9.81. The van der Waals surface area contributed by atoms with Gasteiger partial charge >= 0.3 is 5.97 Å². The first-order valence-corrected chi connectivity index (χ1v) is 12.5. The summed E-state index contributed by atoms with van der Waals surface area (Å²) in [7, 11) is 1.26. The van der Waals surface area contributed by atoms with E-state index in [4.69, 9.17) is 15.0 Å². The Morgan fingerprint density at radius 3 is 2.83 bits per heavy atom. The highest BCUT2D eigenvalue weighted by atomic mass is 79.9. The molecule has 16 heteroatoms. The molecule has 1 fully saturated rings. The summed E-state index contributed by atoms with van der Waals surface area (Å²) in [5.41, 5.74) is 5.89. The van der Waals surface area contributed by atoms with Gasteiger partial charge in [0, 0.05) is 16.9 Å². The lowest BCUT2D eigenvalue weighted by Gasteiger charge is -2.49. The van der Waals surface area contributed by atoms with E-state index in [0.29, 0.717) is 5.57 Å². The zero-order valence-electron chi connectivity index (χ0n) is 17.8.